The van der Waals surface area contributed by atoms with Crippen molar-refractivity contribution in [3.05, 3.63) is 71.8 Å². The number of nitrogens with zero attached hydrogens (tertiary/aromatic N) is 1. The number of carbonyl (C=O) groups is 1. The molecule has 1 fully saturated rings. The predicted molar refractivity (Wildman–Crippen MR) is 103 cm³/mol. The number of rotatable bonds is 6. The first-order valence-corrected chi connectivity index (χ1v) is 9.45. The Hall–Kier alpha value is -2.37. The first kappa shape index (κ1) is 19.4. The molecule has 3 atom stereocenters. The van der Waals surface area contributed by atoms with Crippen LogP contribution in [0.25, 0.3) is 0 Å². The van der Waals surface area contributed by atoms with Crippen LogP contribution in [0.3, 0.4) is 0 Å². The molecule has 1 heterocycles. The summed E-state index contributed by atoms with van der Waals surface area (Å²) >= 11 is 0. The molecule has 5 nitrogen and oxygen atoms in total. The molecule has 3 rings (SSSR count). The molecule has 2 aromatic rings. The van der Waals surface area contributed by atoms with E-state index in [0.29, 0.717) is 19.5 Å². The molecule has 1 N–H and O–H groups in total. The van der Waals surface area contributed by atoms with Crippen LogP contribution in [0.15, 0.2) is 60.7 Å². The Bertz CT molecular complexity index is 707. The second kappa shape index (κ2) is 9.53. The van der Waals surface area contributed by atoms with Crippen molar-refractivity contribution in [3.63, 3.8) is 0 Å². The van der Waals surface area contributed by atoms with E-state index < -0.39 is 6.10 Å². The highest BCUT2D eigenvalue weighted by atomic mass is 16.6. The van der Waals surface area contributed by atoms with Crippen molar-refractivity contribution in [1.82, 2.24) is 4.90 Å². The molecule has 0 radical (unpaired) electrons. The maximum Gasteiger partial charge on any atom is 0.410 e. The minimum Gasteiger partial charge on any atom is -0.445 e. The number of hydrogen-bond acceptors (Lipinski definition) is 4. The van der Waals surface area contributed by atoms with Crippen LogP contribution in [0, 0.1) is 0 Å². The monoisotopic (exact) mass is 369 g/mol. The topological polar surface area (TPSA) is 59.0 Å². The Morgan fingerprint density at radius 2 is 1.70 bits per heavy atom. The van der Waals surface area contributed by atoms with E-state index >= 15 is 0 Å². The van der Waals surface area contributed by atoms with Gasteiger partial charge in [0.25, 0.3) is 0 Å². The summed E-state index contributed by atoms with van der Waals surface area (Å²) in [5.74, 6) is 0. The van der Waals surface area contributed by atoms with Gasteiger partial charge >= 0.3 is 6.09 Å². The summed E-state index contributed by atoms with van der Waals surface area (Å²) in [5, 5.41) is 9.85. The van der Waals surface area contributed by atoms with Gasteiger partial charge in [-0.05, 0) is 30.9 Å². The molecule has 0 spiro atoms. The lowest BCUT2D eigenvalue weighted by atomic mass is 10.0. The fraction of sp³-hybridized carbons (Fsp3) is 0.409. The van der Waals surface area contributed by atoms with E-state index in [-0.39, 0.29) is 24.9 Å². The van der Waals surface area contributed by atoms with Gasteiger partial charge in [0.05, 0.1) is 24.9 Å². The number of aliphatic hydroxyl groups excluding tert-OH is 1. The second-order valence-electron chi connectivity index (χ2n) is 7.01. The van der Waals surface area contributed by atoms with Crippen LogP contribution in [-0.4, -0.2) is 41.0 Å². The highest BCUT2D eigenvalue weighted by molar-refractivity contribution is 5.67. The molecule has 5 heteroatoms. The first-order chi connectivity index (χ1) is 13.1. The molecule has 2 aromatic carbocycles. The largest absolute Gasteiger partial charge is 0.445 e. The lowest BCUT2D eigenvalue weighted by Crippen LogP contribution is -2.44. The quantitative estimate of drug-likeness (QED) is 0.842. The normalized spacial score (nSPS) is 22.2. The highest BCUT2D eigenvalue weighted by Gasteiger charge is 2.29. The van der Waals surface area contributed by atoms with E-state index in [1.165, 1.54) is 0 Å². The van der Waals surface area contributed by atoms with Gasteiger partial charge in [-0.3, -0.25) is 0 Å². The zero-order valence-corrected chi connectivity index (χ0v) is 15.7. The Morgan fingerprint density at radius 1 is 1.07 bits per heavy atom. The summed E-state index contributed by atoms with van der Waals surface area (Å²) in [6.07, 6.45) is 0.297. The average Bonchev–Trinajstić information content (AvgIpc) is 2.70. The van der Waals surface area contributed by atoms with Crippen LogP contribution in [0.2, 0.25) is 0 Å². The van der Waals surface area contributed by atoms with Crippen molar-refractivity contribution in [2.75, 3.05) is 6.54 Å². The van der Waals surface area contributed by atoms with E-state index in [9.17, 15) is 9.90 Å². The molecule has 1 saturated heterocycles. The summed E-state index contributed by atoms with van der Waals surface area (Å²) < 4.78 is 11.4. The van der Waals surface area contributed by atoms with Gasteiger partial charge in [-0.25, -0.2) is 4.79 Å². The molecule has 27 heavy (non-hydrogen) atoms. The SMILES string of the molecule is CC1OC(CN(Cc2ccccc2)C(=O)OCc2ccccc2)CCC1O. The lowest BCUT2D eigenvalue weighted by Gasteiger charge is -2.34. The van der Waals surface area contributed by atoms with E-state index in [2.05, 4.69) is 0 Å². The number of aliphatic hydroxyl groups is 1. The number of amides is 1. The zero-order chi connectivity index (χ0) is 19.1. The van der Waals surface area contributed by atoms with Gasteiger partial charge in [-0.1, -0.05) is 60.7 Å². The molecule has 1 aliphatic rings. The van der Waals surface area contributed by atoms with Crippen LogP contribution in [-0.2, 0) is 22.6 Å². The second-order valence-corrected chi connectivity index (χ2v) is 7.01. The van der Waals surface area contributed by atoms with E-state index in [0.717, 1.165) is 17.5 Å². The highest BCUT2D eigenvalue weighted by Crippen LogP contribution is 2.21. The van der Waals surface area contributed by atoms with E-state index in [1.807, 2.05) is 67.6 Å². The predicted octanol–water partition coefficient (Wildman–Crippen LogP) is 3.75. The molecular formula is C22H27NO4. The third-order valence-corrected chi connectivity index (χ3v) is 4.84. The number of carbonyl (C=O) groups excluding carboxylic acids is 1. The standard InChI is InChI=1S/C22H27NO4/c1-17-21(24)13-12-20(27-17)15-23(14-18-8-4-2-5-9-18)22(25)26-16-19-10-6-3-7-11-19/h2-11,17,20-21,24H,12-16H2,1H3. The lowest BCUT2D eigenvalue weighted by molar-refractivity contribution is -0.114. The summed E-state index contributed by atoms with van der Waals surface area (Å²) in [5.41, 5.74) is 1.99. The molecule has 0 saturated carbocycles. The van der Waals surface area contributed by atoms with Crippen LogP contribution in [0.4, 0.5) is 4.79 Å². The van der Waals surface area contributed by atoms with Crippen molar-refractivity contribution in [2.24, 2.45) is 0 Å². The van der Waals surface area contributed by atoms with Crippen LogP contribution in [0.5, 0.6) is 0 Å². The molecule has 1 aliphatic heterocycles. The third kappa shape index (κ3) is 5.81. The van der Waals surface area contributed by atoms with Gasteiger partial charge in [0.1, 0.15) is 6.61 Å². The molecule has 1 amide bonds. The van der Waals surface area contributed by atoms with Crippen molar-refractivity contribution < 1.29 is 19.4 Å². The summed E-state index contributed by atoms with van der Waals surface area (Å²) in [4.78, 5) is 14.4. The molecule has 3 unspecified atom stereocenters. The number of hydrogen-bond donors (Lipinski definition) is 1. The molecule has 0 bridgehead atoms. The van der Waals surface area contributed by atoms with Crippen molar-refractivity contribution in [3.8, 4) is 0 Å². The maximum absolute atomic E-state index is 12.7. The third-order valence-electron chi connectivity index (χ3n) is 4.84. The van der Waals surface area contributed by atoms with E-state index in [1.54, 1.807) is 4.90 Å². The van der Waals surface area contributed by atoms with Crippen molar-refractivity contribution in [1.29, 1.82) is 0 Å². The van der Waals surface area contributed by atoms with Crippen molar-refractivity contribution >= 4 is 6.09 Å². The van der Waals surface area contributed by atoms with Gasteiger partial charge in [0, 0.05) is 6.54 Å². The van der Waals surface area contributed by atoms with Crippen LogP contribution < -0.4 is 0 Å². The minimum absolute atomic E-state index is 0.101. The van der Waals surface area contributed by atoms with Crippen molar-refractivity contribution in [2.45, 2.75) is 51.2 Å². The smallest absolute Gasteiger partial charge is 0.410 e. The number of benzene rings is 2. The molecule has 0 aliphatic carbocycles. The minimum atomic E-state index is -0.436. The Labute approximate surface area is 160 Å². The van der Waals surface area contributed by atoms with Crippen LogP contribution >= 0.6 is 0 Å². The Morgan fingerprint density at radius 3 is 2.33 bits per heavy atom. The first-order valence-electron chi connectivity index (χ1n) is 9.45. The van der Waals surface area contributed by atoms with Gasteiger partial charge in [0.2, 0.25) is 0 Å². The summed E-state index contributed by atoms with van der Waals surface area (Å²) in [7, 11) is 0. The fourth-order valence-electron chi connectivity index (χ4n) is 3.25. The Kier molecular flexibility index (Phi) is 6.85. The van der Waals surface area contributed by atoms with Gasteiger partial charge in [0.15, 0.2) is 0 Å². The fourth-order valence-corrected chi connectivity index (χ4v) is 3.25. The molecule has 144 valence electrons. The Balaban J connectivity index is 1.64. The van der Waals surface area contributed by atoms with Gasteiger partial charge in [-0.2, -0.15) is 0 Å². The van der Waals surface area contributed by atoms with Gasteiger partial charge < -0.3 is 19.5 Å². The van der Waals surface area contributed by atoms with E-state index in [4.69, 9.17) is 9.47 Å². The number of ether oxygens (including phenoxy) is 2. The molecular weight excluding hydrogens is 342 g/mol. The average molecular weight is 369 g/mol. The van der Waals surface area contributed by atoms with Crippen LogP contribution in [0.1, 0.15) is 30.9 Å². The summed E-state index contributed by atoms with van der Waals surface area (Å²) in [6.45, 7) is 3.02. The van der Waals surface area contributed by atoms with Gasteiger partial charge in [-0.15, -0.1) is 0 Å². The molecule has 0 aromatic heterocycles. The zero-order valence-electron chi connectivity index (χ0n) is 15.7. The summed E-state index contributed by atoms with van der Waals surface area (Å²) in [6, 6.07) is 19.5. The maximum atomic E-state index is 12.7.